The van der Waals surface area contributed by atoms with Crippen molar-refractivity contribution < 1.29 is 9.90 Å². The van der Waals surface area contributed by atoms with E-state index in [0.717, 1.165) is 11.1 Å². The first kappa shape index (κ1) is 15.2. The lowest BCUT2D eigenvalue weighted by molar-refractivity contribution is 0.144. The number of aliphatic hydroxyl groups is 1. The number of rotatable bonds is 4. The average Bonchev–Trinajstić information content (AvgIpc) is 3.25. The van der Waals surface area contributed by atoms with E-state index in [-0.39, 0.29) is 18.1 Å². The Morgan fingerprint density at radius 2 is 2.12 bits per heavy atom. The Labute approximate surface area is 140 Å². The first-order chi connectivity index (χ1) is 11.6. The molecule has 2 aliphatic carbocycles. The third kappa shape index (κ3) is 2.78. The standard InChI is InChI=1S/C18H22N4O2/c1-11(12-6-7-12)22-16(8-9-19-22)20-18(24)21-17-14-5-3-2-4-13(14)10-15(17)23/h2-5,8-9,11-12,15,17,23H,6-7,10H2,1H3,(H2,20,21,24)/t11-,15+,17-/m1/s1. The molecule has 0 radical (unpaired) electrons. The van der Waals surface area contributed by atoms with E-state index < -0.39 is 6.10 Å². The second-order valence-corrected chi connectivity index (χ2v) is 6.79. The number of nitrogens with zero attached hydrogens (tertiary/aromatic N) is 2. The van der Waals surface area contributed by atoms with Crippen LogP contribution in [0, 0.1) is 5.92 Å². The lowest BCUT2D eigenvalue weighted by Gasteiger charge is -2.20. The predicted octanol–water partition coefficient (Wildman–Crippen LogP) is 2.63. The number of aliphatic hydroxyl groups excluding tert-OH is 1. The van der Waals surface area contributed by atoms with Gasteiger partial charge in [-0.3, -0.25) is 5.32 Å². The molecule has 126 valence electrons. The van der Waals surface area contributed by atoms with Crippen molar-refractivity contribution in [2.24, 2.45) is 5.92 Å². The summed E-state index contributed by atoms with van der Waals surface area (Å²) < 4.78 is 1.87. The largest absolute Gasteiger partial charge is 0.390 e. The van der Waals surface area contributed by atoms with Crippen molar-refractivity contribution in [3.63, 3.8) is 0 Å². The van der Waals surface area contributed by atoms with Gasteiger partial charge in [0.05, 0.1) is 24.4 Å². The molecule has 6 heteroatoms. The quantitative estimate of drug-likeness (QED) is 0.808. The zero-order valence-corrected chi connectivity index (χ0v) is 13.6. The van der Waals surface area contributed by atoms with Crippen LogP contribution in [0.25, 0.3) is 0 Å². The maximum Gasteiger partial charge on any atom is 0.320 e. The molecule has 6 nitrogen and oxygen atoms in total. The summed E-state index contributed by atoms with van der Waals surface area (Å²) in [5, 5.41) is 20.4. The van der Waals surface area contributed by atoms with Crippen LogP contribution in [0.5, 0.6) is 0 Å². The number of urea groups is 1. The summed E-state index contributed by atoms with van der Waals surface area (Å²) >= 11 is 0. The number of aromatic nitrogens is 2. The second kappa shape index (κ2) is 5.94. The van der Waals surface area contributed by atoms with Crippen molar-refractivity contribution >= 4 is 11.8 Å². The van der Waals surface area contributed by atoms with Crippen LogP contribution in [0.3, 0.4) is 0 Å². The molecule has 0 saturated heterocycles. The first-order valence-electron chi connectivity index (χ1n) is 8.50. The van der Waals surface area contributed by atoms with Gasteiger partial charge >= 0.3 is 6.03 Å². The summed E-state index contributed by atoms with van der Waals surface area (Å²) in [6, 6.07) is 9.21. The summed E-state index contributed by atoms with van der Waals surface area (Å²) in [7, 11) is 0. The number of amides is 2. The lowest BCUT2D eigenvalue weighted by Crippen LogP contribution is -2.37. The topological polar surface area (TPSA) is 79.2 Å². The molecule has 3 atom stereocenters. The minimum atomic E-state index is -0.594. The lowest BCUT2D eigenvalue weighted by atomic mass is 10.1. The number of fused-ring (bicyclic) bond motifs is 1. The second-order valence-electron chi connectivity index (χ2n) is 6.79. The Balaban J connectivity index is 1.45. The van der Waals surface area contributed by atoms with Crippen molar-refractivity contribution in [3.8, 4) is 0 Å². The van der Waals surface area contributed by atoms with Crippen LogP contribution in [0.1, 0.15) is 43.0 Å². The summed E-state index contributed by atoms with van der Waals surface area (Å²) in [5.41, 5.74) is 2.07. The molecule has 0 unspecified atom stereocenters. The molecule has 3 N–H and O–H groups in total. The van der Waals surface area contributed by atoms with Gasteiger partial charge < -0.3 is 10.4 Å². The van der Waals surface area contributed by atoms with Crippen LogP contribution in [-0.2, 0) is 6.42 Å². The summed E-state index contributed by atoms with van der Waals surface area (Å²) in [4.78, 5) is 12.4. The van der Waals surface area contributed by atoms with E-state index in [0.29, 0.717) is 18.2 Å². The number of nitrogens with one attached hydrogen (secondary N) is 2. The third-order valence-corrected chi connectivity index (χ3v) is 5.09. The molecular weight excluding hydrogens is 304 g/mol. The zero-order chi connectivity index (χ0) is 16.7. The fourth-order valence-electron chi connectivity index (χ4n) is 3.56. The van der Waals surface area contributed by atoms with Crippen LogP contribution in [0.15, 0.2) is 36.5 Å². The molecule has 0 spiro atoms. The van der Waals surface area contributed by atoms with Gasteiger partial charge in [-0.1, -0.05) is 24.3 Å². The zero-order valence-electron chi connectivity index (χ0n) is 13.6. The van der Waals surface area contributed by atoms with Gasteiger partial charge in [-0.05, 0) is 36.8 Å². The molecule has 2 amide bonds. The minimum absolute atomic E-state index is 0.285. The highest BCUT2D eigenvalue weighted by atomic mass is 16.3. The van der Waals surface area contributed by atoms with Gasteiger partial charge in [0.2, 0.25) is 0 Å². The summed E-state index contributed by atoms with van der Waals surface area (Å²) in [6.07, 6.45) is 4.12. The van der Waals surface area contributed by atoms with Crippen molar-refractivity contribution in [3.05, 3.63) is 47.7 Å². The molecule has 2 aliphatic rings. The molecule has 24 heavy (non-hydrogen) atoms. The van der Waals surface area contributed by atoms with Crippen molar-refractivity contribution in [2.75, 3.05) is 5.32 Å². The highest BCUT2D eigenvalue weighted by Crippen LogP contribution is 2.40. The monoisotopic (exact) mass is 326 g/mol. The van der Waals surface area contributed by atoms with Crippen LogP contribution in [-0.4, -0.2) is 27.0 Å². The smallest absolute Gasteiger partial charge is 0.320 e. The van der Waals surface area contributed by atoms with Gasteiger partial charge in [0.25, 0.3) is 0 Å². The van der Waals surface area contributed by atoms with E-state index in [1.54, 1.807) is 12.3 Å². The van der Waals surface area contributed by atoms with Crippen molar-refractivity contribution in [2.45, 2.75) is 44.4 Å². The number of benzene rings is 1. The average molecular weight is 326 g/mol. The number of carbonyl (C=O) groups is 1. The third-order valence-electron chi connectivity index (χ3n) is 5.09. The SMILES string of the molecule is C[C@H](C1CC1)n1nccc1NC(=O)N[C@@H]1c2ccccc2C[C@@H]1O. The fourth-order valence-corrected chi connectivity index (χ4v) is 3.56. The highest BCUT2D eigenvalue weighted by molar-refractivity contribution is 5.88. The molecule has 0 aliphatic heterocycles. The van der Waals surface area contributed by atoms with Gasteiger partial charge in [-0.25, -0.2) is 9.48 Å². The molecule has 1 heterocycles. The normalized spacial score (nSPS) is 23.6. The van der Waals surface area contributed by atoms with Gasteiger partial charge in [0.15, 0.2) is 0 Å². The molecule has 1 aromatic carbocycles. The van der Waals surface area contributed by atoms with Crippen LogP contribution >= 0.6 is 0 Å². The summed E-state index contributed by atoms with van der Waals surface area (Å²) in [5.74, 6) is 1.34. The van der Waals surface area contributed by atoms with Gasteiger partial charge in [0.1, 0.15) is 5.82 Å². The number of hydrogen-bond donors (Lipinski definition) is 3. The van der Waals surface area contributed by atoms with Gasteiger partial charge in [-0.2, -0.15) is 5.10 Å². The highest BCUT2D eigenvalue weighted by Gasteiger charge is 2.33. The maximum absolute atomic E-state index is 12.4. The molecule has 2 aromatic rings. The molecule has 1 saturated carbocycles. The van der Waals surface area contributed by atoms with E-state index in [9.17, 15) is 9.90 Å². The Hall–Kier alpha value is -2.34. The number of anilines is 1. The van der Waals surface area contributed by atoms with E-state index in [1.807, 2.05) is 28.9 Å². The van der Waals surface area contributed by atoms with E-state index in [1.165, 1.54) is 12.8 Å². The van der Waals surface area contributed by atoms with E-state index in [4.69, 9.17) is 0 Å². The van der Waals surface area contributed by atoms with Gasteiger partial charge in [-0.15, -0.1) is 0 Å². The van der Waals surface area contributed by atoms with Gasteiger partial charge in [0, 0.05) is 12.5 Å². The van der Waals surface area contributed by atoms with Crippen molar-refractivity contribution in [1.82, 2.24) is 15.1 Å². The Kier molecular flexibility index (Phi) is 3.76. The number of hydrogen-bond acceptors (Lipinski definition) is 3. The van der Waals surface area contributed by atoms with Crippen LogP contribution in [0.4, 0.5) is 10.6 Å². The molecular formula is C18H22N4O2. The molecule has 1 fully saturated rings. The first-order valence-corrected chi connectivity index (χ1v) is 8.50. The maximum atomic E-state index is 12.4. The number of carbonyl (C=O) groups excluding carboxylic acids is 1. The van der Waals surface area contributed by atoms with Crippen LogP contribution < -0.4 is 10.6 Å². The predicted molar refractivity (Wildman–Crippen MR) is 90.7 cm³/mol. The molecule has 1 aromatic heterocycles. The Bertz CT molecular complexity index is 753. The Morgan fingerprint density at radius 1 is 1.33 bits per heavy atom. The minimum Gasteiger partial charge on any atom is -0.390 e. The summed E-state index contributed by atoms with van der Waals surface area (Å²) in [6.45, 7) is 2.13. The fraction of sp³-hybridized carbons (Fsp3) is 0.444. The van der Waals surface area contributed by atoms with E-state index >= 15 is 0 Å². The molecule has 0 bridgehead atoms. The van der Waals surface area contributed by atoms with E-state index in [2.05, 4.69) is 22.7 Å². The Morgan fingerprint density at radius 3 is 2.92 bits per heavy atom. The molecule has 4 rings (SSSR count). The van der Waals surface area contributed by atoms with Crippen molar-refractivity contribution in [1.29, 1.82) is 0 Å². The van der Waals surface area contributed by atoms with Crippen LogP contribution in [0.2, 0.25) is 0 Å².